The Morgan fingerprint density at radius 1 is 1.26 bits per heavy atom. The molecule has 0 amide bonds. The topological polar surface area (TPSA) is 65.1 Å². The second-order valence-electron chi connectivity index (χ2n) is 8.54. The smallest absolute Gasteiger partial charge is 0.416 e. The van der Waals surface area contributed by atoms with Gasteiger partial charge in [0.05, 0.1) is 16.7 Å². The molecular formula is C23H23F3O5. The van der Waals surface area contributed by atoms with Crippen molar-refractivity contribution in [2.45, 2.75) is 63.2 Å². The molecule has 0 radical (unpaired) electrons. The second-order valence-corrected chi connectivity index (χ2v) is 8.54. The van der Waals surface area contributed by atoms with E-state index in [1.165, 1.54) is 0 Å². The van der Waals surface area contributed by atoms with Crippen LogP contribution in [-0.2, 0) is 25.2 Å². The molecule has 2 fully saturated rings. The number of benzene rings is 1. The summed E-state index contributed by atoms with van der Waals surface area (Å²) in [6.07, 6.45) is -2.23. The monoisotopic (exact) mass is 436 g/mol. The van der Waals surface area contributed by atoms with E-state index >= 15 is 0 Å². The van der Waals surface area contributed by atoms with Gasteiger partial charge in [-0.3, -0.25) is 0 Å². The van der Waals surface area contributed by atoms with Crippen LogP contribution < -0.4 is 0 Å². The first kappa shape index (κ1) is 21.6. The Labute approximate surface area is 177 Å². The molecule has 0 aromatic heterocycles. The number of alkyl halides is 3. The highest BCUT2D eigenvalue weighted by Gasteiger charge is 2.61. The Bertz CT molecular complexity index is 949. The van der Waals surface area contributed by atoms with Crippen LogP contribution in [0.4, 0.5) is 13.2 Å². The predicted molar refractivity (Wildman–Crippen MR) is 104 cm³/mol. The van der Waals surface area contributed by atoms with Gasteiger partial charge in [-0.1, -0.05) is 12.7 Å². The first-order valence-electron chi connectivity index (χ1n) is 10.1. The summed E-state index contributed by atoms with van der Waals surface area (Å²) in [4.78, 5) is 24.8. The van der Waals surface area contributed by atoms with Crippen molar-refractivity contribution in [1.29, 1.82) is 0 Å². The SMILES string of the molecule is C=C1C(=O)O[C@@H]2[C@H]3O[C@]3(C)CCC=C(C)[C@@H](OC(=O)c3ccc(C(F)(F)F)cc3)C[C@@H]12. The number of fused-ring (bicyclic) bond motifs is 3. The molecule has 1 aromatic rings. The molecule has 166 valence electrons. The minimum atomic E-state index is -4.48. The molecule has 3 aliphatic rings. The molecule has 2 heterocycles. The average molecular weight is 436 g/mol. The number of carbonyl (C=O) groups excluding carboxylic acids is 2. The lowest BCUT2D eigenvalue weighted by Crippen LogP contribution is -2.33. The average Bonchev–Trinajstić information content (AvgIpc) is 3.30. The zero-order valence-corrected chi connectivity index (χ0v) is 17.2. The van der Waals surface area contributed by atoms with Crippen LogP contribution in [-0.4, -0.2) is 35.9 Å². The Kier molecular flexibility index (Phi) is 5.24. The molecule has 8 heteroatoms. The van der Waals surface area contributed by atoms with Crippen LogP contribution in [0.15, 0.2) is 48.1 Å². The molecule has 4 rings (SSSR count). The summed E-state index contributed by atoms with van der Waals surface area (Å²) in [5.41, 5.74) is -0.0771. The maximum absolute atomic E-state index is 12.8. The van der Waals surface area contributed by atoms with Gasteiger partial charge in [-0.05, 0) is 62.9 Å². The van der Waals surface area contributed by atoms with Crippen LogP contribution in [0.5, 0.6) is 0 Å². The van der Waals surface area contributed by atoms with Crippen molar-refractivity contribution in [3.8, 4) is 0 Å². The fourth-order valence-electron chi connectivity index (χ4n) is 4.32. The summed E-state index contributed by atoms with van der Waals surface area (Å²) in [5.74, 6) is -1.60. The van der Waals surface area contributed by atoms with Crippen molar-refractivity contribution in [2.75, 3.05) is 0 Å². The lowest BCUT2D eigenvalue weighted by molar-refractivity contribution is -0.140. The molecule has 0 spiro atoms. The second kappa shape index (κ2) is 7.51. The summed E-state index contributed by atoms with van der Waals surface area (Å²) in [5, 5.41) is 0. The van der Waals surface area contributed by atoms with E-state index in [4.69, 9.17) is 14.2 Å². The van der Waals surface area contributed by atoms with Crippen molar-refractivity contribution in [3.05, 3.63) is 59.2 Å². The molecule has 0 saturated carbocycles. The van der Waals surface area contributed by atoms with E-state index in [1.54, 1.807) is 0 Å². The Morgan fingerprint density at radius 2 is 1.94 bits per heavy atom. The number of carbonyl (C=O) groups is 2. The van der Waals surface area contributed by atoms with Crippen LogP contribution in [0.3, 0.4) is 0 Å². The van der Waals surface area contributed by atoms with E-state index in [-0.39, 0.29) is 29.6 Å². The molecule has 0 bridgehead atoms. The number of esters is 2. The Balaban J connectivity index is 1.56. The molecule has 5 nitrogen and oxygen atoms in total. The van der Waals surface area contributed by atoms with Gasteiger partial charge in [0.25, 0.3) is 0 Å². The molecule has 31 heavy (non-hydrogen) atoms. The van der Waals surface area contributed by atoms with E-state index in [9.17, 15) is 22.8 Å². The van der Waals surface area contributed by atoms with Crippen molar-refractivity contribution < 1.29 is 37.0 Å². The molecule has 2 aliphatic heterocycles. The number of hydrogen-bond acceptors (Lipinski definition) is 5. The van der Waals surface area contributed by atoms with E-state index in [0.29, 0.717) is 12.0 Å². The molecule has 2 saturated heterocycles. The fraction of sp³-hybridized carbons (Fsp3) is 0.478. The van der Waals surface area contributed by atoms with Gasteiger partial charge >= 0.3 is 18.1 Å². The van der Waals surface area contributed by atoms with Gasteiger partial charge in [-0.25, -0.2) is 9.59 Å². The maximum Gasteiger partial charge on any atom is 0.416 e. The van der Waals surface area contributed by atoms with E-state index in [1.807, 2.05) is 19.9 Å². The summed E-state index contributed by atoms with van der Waals surface area (Å²) in [6, 6.07) is 3.88. The van der Waals surface area contributed by atoms with Gasteiger partial charge in [-0.2, -0.15) is 13.2 Å². The summed E-state index contributed by atoms with van der Waals surface area (Å²) >= 11 is 0. The van der Waals surface area contributed by atoms with Crippen LogP contribution in [0.25, 0.3) is 0 Å². The van der Waals surface area contributed by atoms with Gasteiger partial charge in [0.15, 0.2) is 0 Å². The Hall–Kier alpha value is -2.61. The maximum atomic E-state index is 12.8. The largest absolute Gasteiger partial charge is 0.455 e. The number of hydrogen-bond donors (Lipinski definition) is 0. The highest BCUT2D eigenvalue weighted by molar-refractivity contribution is 5.91. The van der Waals surface area contributed by atoms with Crippen LogP contribution in [0.2, 0.25) is 0 Å². The molecule has 1 aromatic carbocycles. The molecule has 0 unspecified atom stereocenters. The van der Waals surface area contributed by atoms with Crippen molar-refractivity contribution in [2.24, 2.45) is 5.92 Å². The van der Waals surface area contributed by atoms with Gasteiger partial charge in [0.1, 0.15) is 18.3 Å². The van der Waals surface area contributed by atoms with Crippen LogP contribution in [0.1, 0.15) is 49.0 Å². The van der Waals surface area contributed by atoms with Crippen LogP contribution in [0, 0.1) is 5.92 Å². The number of ether oxygens (including phenoxy) is 3. The quantitative estimate of drug-likeness (QED) is 0.293. The fourth-order valence-corrected chi connectivity index (χ4v) is 4.32. The third kappa shape index (κ3) is 4.13. The summed E-state index contributed by atoms with van der Waals surface area (Å²) < 4.78 is 55.4. The molecular weight excluding hydrogens is 413 g/mol. The van der Waals surface area contributed by atoms with Crippen molar-refractivity contribution in [1.82, 2.24) is 0 Å². The Morgan fingerprint density at radius 3 is 2.58 bits per heavy atom. The number of rotatable bonds is 2. The first-order chi connectivity index (χ1) is 14.5. The lowest BCUT2D eigenvalue weighted by atomic mass is 9.83. The van der Waals surface area contributed by atoms with E-state index in [2.05, 4.69) is 6.58 Å². The van der Waals surface area contributed by atoms with Gasteiger partial charge < -0.3 is 14.2 Å². The minimum absolute atomic E-state index is 0.0186. The predicted octanol–water partition coefficient (Wildman–Crippen LogP) is 4.62. The molecule has 1 aliphatic carbocycles. The highest BCUT2D eigenvalue weighted by Crippen LogP contribution is 2.50. The third-order valence-corrected chi connectivity index (χ3v) is 6.37. The highest BCUT2D eigenvalue weighted by atomic mass is 19.4. The van der Waals surface area contributed by atoms with Gasteiger partial charge in [-0.15, -0.1) is 0 Å². The summed E-state index contributed by atoms with van der Waals surface area (Å²) in [6.45, 7) is 7.67. The first-order valence-corrected chi connectivity index (χ1v) is 10.1. The molecule has 5 atom stereocenters. The normalized spacial score (nSPS) is 33.0. The standard InChI is InChI=1S/C23H23F3O5/c1-12-5-4-10-22(3)19(31-22)18-16(13(2)20(27)30-18)11-17(12)29-21(28)14-6-8-15(9-7-14)23(24,25)26/h5-9,16-19H,2,4,10-11H2,1,3H3/t16-,17-,18-,19+,22+/m0/s1. The molecule has 0 N–H and O–H groups in total. The number of epoxide rings is 1. The zero-order valence-electron chi connectivity index (χ0n) is 17.2. The zero-order chi connectivity index (χ0) is 22.6. The van der Waals surface area contributed by atoms with Gasteiger partial charge in [0, 0.05) is 11.5 Å². The van der Waals surface area contributed by atoms with Crippen LogP contribution >= 0.6 is 0 Å². The van der Waals surface area contributed by atoms with Gasteiger partial charge in [0.2, 0.25) is 0 Å². The lowest BCUT2D eigenvalue weighted by Gasteiger charge is -2.25. The van der Waals surface area contributed by atoms with E-state index < -0.39 is 35.9 Å². The number of halogens is 3. The van der Waals surface area contributed by atoms with Crippen molar-refractivity contribution in [3.63, 3.8) is 0 Å². The van der Waals surface area contributed by atoms with Crippen molar-refractivity contribution >= 4 is 11.9 Å². The number of allylic oxidation sites excluding steroid dienone is 1. The third-order valence-electron chi connectivity index (χ3n) is 6.37. The van der Waals surface area contributed by atoms with E-state index in [0.717, 1.165) is 36.3 Å². The summed E-state index contributed by atoms with van der Waals surface area (Å²) in [7, 11) is 0. The minimum Gasteiger partial charge on any atom is -0.455 e.